The third-order valence-electron chi connectivity index (χ3n) is 3.86. The van der Waals surface area contributed by atoms with Crippen molar-refractivity contribution >= 4 is 33.4 Å². The van der Waals surface area contributed by atoms with Gasteiger partial charge in [0.05, 0.1) is 30.3 Å². The monoisotopic (exact) mass is 376 g/mol. The van der Waals surface area contributed by atoms with Gasteiger partial charge in [-0.3, -0.25) is 9.59 Å². The van der Waals surface area contributed by atoms with Crippen molar-refractivity contribution in [1.82, 2.24) is 5.32 Å². The maximum absolute atomic E-state index is 12.2. The molecule has 2 atom stereocenters. The standard InChI is InChI=1S/C17H17BrN2O3/c1-10-4-5-15(14(18)7-10)20-17(22)13-8-12(13)16(21)19-9-11-3-2-6-23-11/h2-7,12-13H,8-9H2,1H3,(H,19,21)(H,20,22). The summed E-state index contributed by atoms with van der Waals surface area (Å²) in [6.45, 7) is 2.33. The first-order valence-corrected chi connectivity index (χ1v) is 8.21. The van der Waals surface area contributed by atoms with Crippen LogP contribution in [0.3, 0.4) is 0 Å². The number of carbonyl (C=O) groups excluding carboxylic acids is 2. The lowest BCUT2D eigenvalue weighted by atomic mass is 10.2. The molecular formula is C17H17BrN2O3. The Morgan fingerprint density at radius 2 is 2.04 bits per heavy atom. The lowest BCUT2D eigenvalue weighted by Crippen LogP contribution is -2.26. The van der Waals surface area contributed by atoms with Crippen LogP contribution in [-0.2, 0) is 16.1 Å². The number of anilines is 1. The average molecular weight is 377 g/mol. The number of halogens is 1. The summed E-state index contributed by atoms with van der Waals surface area (Å²) < 4.78 is 6.00. The molecule has 5 nitrogen and oxygen atoms in total. The minimum absolute atomic E-state index is 0.107. The largest absolute Gasteiger partial charge is 0.467 e. The van der Waals surface area contributed by atoms with Crippen molar-refractivity contribution in [3.8, 4) is 0 Å². The highest BCUT2D eigenvalue weighted by Gasteiger charge is 2.48. The van der Waals surface area contributed by atoms with Gasteiger partial charge in [-0.15, -0.1) is 0 Å². The molecule has 1 heterocycles. The van der Waals surface area contributed by atoms with Gasteiger partial charge in [-0.25, -0.2) is 0 Å². The van der Waals surface area contributed by atoms with E-state index in [2.05, 4.69) is 26.6 Å². The third-order valence-corrected chi connectivity index (χ3v) is 4.52. The summed E-state index contributed by atoms with van der Waals surface area (Å²) in [6.07, 6.45) is 2.15. The molecular weight excluding hydrogens is 360 g/mol. The van der Waals surface area contributed by atoms with Crippen molar-refractivity contribution in [3.63, 3.8) is 0 Å². The number of furan rings is 1. The van der Waals surface area contributed by atoms with Gasteiger partial charge in [0, 0.05) is 4.47 Å². The first kappa shape index (κ1) is 15.8. The molecule has 1 aliphatic rings. The van der Waals surface area contributed by atoms with E-state index in [1.807, 2.05) is 25.1 Å². The van der Waals surface area contributed by atoms with E-state index in [1.54, 1.807) is 18.4 Å². The highest BCUT2D eigenvalue weighted by atomic mass is 79.9. The van der Waals surface area contributed by atoms with Crippen molar-refractivity contribution in [2.45, 2.75) is 19.9 Å². The van der Waals surface area contributed by atoms with Gasteiger partial charge in [-0.2, -0.15) is 0 Å². The van der Waals surface area contributed by atoms with Gasteiger partial charge >= 0.3 is 0 Å². The van der Waals surface area contributed by atoms with Crippen LogP contribution < -0.4 is 10.6 Å². The summed E-state index contributed by atoms with van der Waals surface area (Å²) in [5.41, 5.74) is 1.83. The van der Waals surface area contributed by atoms with E-state index in [4.69, 9.17) is 4.42 Å². The fourth-order valence-electron chi connectivity index (χ4n) is 2.44. The van der Waals surface area contributed by atoms with Crippen molar-refractivity contribution < 1.29 is 14.0 Å². The van der Waals surface area contributed by atoms with Crippen LogP contribution >= 0.6 is 15.9 Å². The van der Waals surface area contributed by atoms with E-state index in [0.29, 0.717) is 18.7 Å². The predicted octanol–water partition coefficient (Wildman–Crippen LogP) is 3.24. The third kappa shape index (κ3) is 3.82. The summed E-state index contributed by atoms with van der Waals surface area (Å²) in [4.78, 5) is 24.3. The number of amides is 2. The molecule has 0 bridgehead atoms. The van der Waals surface area contributed by atoms with Gasteiger partial charge in [-0.1, -0.05) is 6.07 Å². The molecule has 1 aromatic heterocycles. The summed E-state index contributed by atoms with van der Waals surface area (Å²) in [5, 5.41) is 5.66. The van der Waals surface area contributed by atoms with Gasteiger partial charge in [0.15, 0.2) is 0 Å². The predicted molar refractivity (Wildman–Crippen MR) is 89.7 cm³/mol. The molecule has 6 heteroatoms. The molecule has 1 fully saturated rings. The maximum atomic E-state index is 12.2. The van der Waals surface area contributed by atoms with Crippen LogP contribution in [0.15, 0.2) is 45.5 Å². The molecule has 1 aromatic carbocycles. The molecule has 0 spiro atoms. The van der Waals surface area contributed by atoms with Crippen LogP contribution in [0, 0.1) is 18.8 Å². The van der Waals surface area contributed by atoms with Crippen LogP contribution in [0.5, 0.6) is 0 Å². The number of nitrogens with one attached hydrogen (secondary N) is 2. The molecule has 0 radical (unpaired) electrons. The smallest absolute Gasteiger partial charge is 0.228 e. The van der Waals surface area contributed by atoms with Crippen molar-refractivity contribution in [1.29, 1.82) is 0 Å². The van der Waals surface area contributed by atoms with Crippen molar-refractivity contribution in [3.05, 3.63) is 52.4 Å². The highest BCUT2D eigenvalue weighted by Crippen LogP contribution is 2.40. The van der Waals surface area contributed by atoms with Gasteiger partial charge in [-0.05, 0) is 59.1 Å². The highest BCUT2D eigenvalue weighted by molar-refractivity contribution is 9.10. The fourth-order valence-corrected chi connectivity index (χ4v) is 3.03. The van der Waals surface area contributed by atoms with Crippen molar-refractivity contribution in [2.24, 2.45) is 11.8 Å². The number of hydrogen-bond donors (Lipinski definition) is 2. The summed E-state index contributed by atoms with van der Waals surface area (Å²) in [5.74, 6) is -0.0465. The molecule has 2 unspecified atom stereocenters. The van der Waals surface area contributed by atoms with Crippen LogP contribution in [0.25, 0.3) is 0 Å². The Labute approximate surface area is 142 Å². The second-order valence-corrected chi connectivity index (χ2v) is 6.57. The minimum atomic E-state index is -0.264. The zero-order valence-electron chi connectivity index (χ0n) is 12.6. The zero-order chi connectivity index (χ0) is 16.4. The van der Waals surface area contributed by atoms with Crippen molar-refractivity contribution in [2.75, 3.05) is 5.32 Å². The number of benzene rings is 1. The first-order valence-electron chi connectivity index (χ1n) is 7.41. The average Bonchev–Trinajstić information content (AvgIpc) is 3.16. The zero-order valence-corrected chi connectivity index (χ0v) is 14.2. The Morgan fingerprint density at radius 3 is 2.74 bits per heavy atom. The number of carbonyl (C=O) groups is 2. The molecule has 2 aromatic rings. The molecule has 0 aliphatic heterocycles. The topological polar surface area (TPSA) is 71.3 Å². The number of aryl methyl sites for hydroxylation is 1. The van der Waals surface area contributed by atoms with E-state index < -0.39 is 0 Å². The lowest BCUT2D eigenvalue weighted by Gasteiger charge is -2.08. The van der Waals surface area contributed by atoms with E-state index in [9.17, 15) is 9.59 Å². The Bertz CT molecular complexity index is 727. The first-order chi connectivity index (χ1) is 11.0. The van der Waals surface area contributed by atoms with Gasteiger partial charge < -0.3 is 15.1 Å². The number of rotatable bonds is 5. The Morgan fingerprint density at radius 1 is 1.26 bits per heavy atom. The molecule has 1 aliphatic carbocycles. The van der Waals surface area contributed by atoms with E-state index >= 15 is 0 Å². The van der Waals surface area contributed by atoms with E-state index in [0.717, 1.165) is 15.7 Å². The van der Waals surface area contributed by atoms with Gasteiger partial charge in [0.25, 0.3) is 0 Å². The quantitative estimate of drug-likeness (QED) is 0.841. The van der Waals surface area contributed by atoms with Crippen LogP contribution in [0.1, 0.15) is 17.7 Å². The summed E-state index contributed by atoms with van der Waals surface area (Å²) >= 11 is 3.43. The molecule has 0 saturated heterocycles. The molecule has 2 amide bonds. The maximum Gasteiger partial charge on any atom is 0.228 e. The number of hydrogen-bond acceptors (Lipinski definition) is 3. The summed E-state index contributed by atoms with van der Waals surface area (Å²) in [6, 6.07) is 9.29. The Balaban J connectivity index is 1.51. The van der Waals surface area contributed by atoms with Gasteiger partial charge in [0.1, 0.15) is 5.76 Å². The molecule has 2 N–H and O–H groups in total. The SMILES string of the molecule is Cc1ccc(NC(=O)C2CC2C(=O)NCc2ccco2)c(Br)c1. The summed E-state index contributed by atoms with van der Waals surface area (Å²) in [7, 11) is 0. The second-order valence-electron chi connectivity index (χ2n) is 5.72. The minimum Gasteiger partial charge on any atom is -0.467 e. The Hall–Kier alpha value is -2.08. The molecule has 23 heavy (non-hydrogen) atoms. The van der Waals surface area contributed by atoms with E-state index in [1.165, 1.54) is 0 Å². The lowest BCUT2D eigenvalue weighted by molar-refractivity contribution is -0.125. The Kier molecular flexibility index (Phi) is 4.52. The van der Waals surface area contributed by atoms with E-state index in [-0.39, 0.29) is 23.7 Å². The van der Waals surface area contributed by atoms with Crippen LogP contribution in [0.2, 0.25) is 0 Å². The molecule has 3 rings (SSSR count). The molecule has 120 valence electrons. The van der Waals surface area contributed by atoms with Gasteiger partial charge in [0.2, 0.25) is 11.8 Å². The molecule has 1 saturated carbocycles. The normalized spacial score (nSPS) is 19.2. The van der Waals surface area contributed by atoms with Crippen LogP contribution in [0.4, 0.5) is 5.69 Å². The second kappa shape index (κ2) is 6.58. The fraction of sp³-hybridized carbons (Fsp3) is 0.294. The van der Waals surface area contributed by atoms with Crippen LogP contribution in [-0.4, -0.2) is 11.8 Å².